The number of aryl methyl sites for hydroxylation is 1. The van der Waals surface area contributed by atoms with Crippen LogP contribution < -0.4 is 4.72 Å². The molecule has 1 aromatic heterocycles. The number of ether oxygens (including phenoxy) is 1. The lowest BCUT2D eigenvalue weighted by molar-refractivity contribution is -0.214. The van der Waals surface area contributed by atoms with Crippen molar-refractivity contribution in [2.75, 3.05) is 6.54 Å². The van der Waals surface area contributed by atoms with Gasteiger partial charge in [0.1, 0.15) is 28.6 Å². The fourth-order valence-electron chi connectivity index (χ4n) is 2.26. The summed E-state index contributed by atoms with van der Waals surface area (Å²) in [5.74, 6) is 0. The molecule has 1 fully saturated rings. The second kappa shape index (κ2) is 6.91. The van der Waals surface area contributed by atoms with Gasteiger partial charge in [0, 0.05) is 11.4 Å². The van der Waals surface area contributed by atoms with Crippen LogP contribution in [0.25, 0.3) is 0 Å². The summed E-state index contributed by atoms with van der Waals surface area (Å²) in [6.07, 6.45) is -4.79. The van der Waals surface area contributed by atoms with Crippen molar-refractivity contribution >= 4 is 21.4 Å². The lowest BCUT2D eigenvalue weighted by Crippen LogP contribution is -2.59. The van der Waals surface area contributed by atoms with Gasteiger partial charge in [-0.05, 0) is 25.5 Å². The van der Waals surface area contributed by atoms with Crippen molar-refractivity contribution in [3.63, 3.8) is 0 Å². The third-order valence-corrected chi connectivity index (χ3v) is 6.82. The van der Waals surface area contributed by atoms with Crippen molar-refractivity contribution in [3.05, 3.63) is 17.0 Å². The Bertz CT molecular complexity index is 601. The highest BCUT2D eigenvalue weighted by atomic mass is 32.2. The predicted octanol–water partition coefficient (Wildman–Crippen LogP) is -0.541. The van der Waals surface area contributed by atoms with Crippen molar-refractivity contribution in [2.24, 2.45) is 0 Å². The van der Waals surface area contributed by atoms with Gasteiger partial charge in [0.2, 0.25) is 10.0 Å². The fourth-order valence-corrected chi connectivity index (χ4v) is 4.65. The first-order valence-electron chi connectivity index (χ1n) is 7.04. The monoisotopic (exact) mass is 351 g/mol. The van der Waals surface area contributed by atoms with Crippen LogP contribution in [0.1, 0.15) is 18.7 Å². The van der Waals surface area contributed by atoms with Crippen molar-refractivity contribution in [2.45, 2.75) is 55.0 Å². The predicted molar refractivity (Wildman–Crippen MR) is 81.2 cm³/mol. The van der Waals surface area contributed by atoms with Crippen LogP contribution in [-0.4, -0.2) is 60.8 Å². The zero-order valence-electron chi connectivity index (χ0n) is 12.3. The first-order valence-corrected chi connectivity index (χ1v) is 9.34. The van der Waals surface area contributed by atoms with Gasteiger partial charge in [0.25, 0.3) is 0 Å². The quantitative estimate of drug-likeness (QED) is 0.566. The van der Waals surface area contributed by atoms with E-state index >= 15 is 0 Å². The summed E-state index contributed by atoms with van der Waals surface area (Å²) in [6, 6.07) is 3.29. The van der Waals surface area contributed by atoms with Crippen LogP contribution in [-0.2, 0) is 21.2 Å². The minimum atomic E-state index is -3.69. The van der Waals surface area contributed by atoms with Gasteiger partial charge < -0.3 is 20.1 Å². The Hall–Kier alpha value is -0.550. The molecule has 126 valence electrons. The Balaban J connectivity index is 2.02. The molecule has 0 amide bonds. The van der Waals surface area contributed by atoms with Gasteiger partial charge in [-0.2, -0.15) is 0 Å². The zero-order chi connectivity index (χ0) is 16.5. The number of rotatable bonds is 5. The molecule has 1 aliphatic rings. The molecule has 9 heteroatoms. The van der Waals surface area contributed by atoms with Gasteiger partial charge in [-0.3, -0.25) is 0 Å². The summed E-state index contributed by atoms with van der Waals surface area (Å²) < 4.78 is 32.3. The summed E-state index contributed by atoms with van der Waals surface area (Å²) in [7, 11) is -3.69. The van der Waals surface area contributed by atoms with E-state index in [9.17, 15) is 23.7 Å². The molecule has 0 saturated carbocycles. The van der Waals surface area contributed by atoms with Crippen LogP contribution in [0.5, 0.6) is 0 Å². The molecule has 0 aromatic carbocycles. The lowest BCUT2D eigenvalue weighted by atomic mass is 9.96. The van der Waals surface area contributed by atoms with Gasteiger partial charge in [0.05, 0.1) is 6.10 Å². The number of aliphatic hydroxyl groups excluding tert-OH is 3. The molecule has 2 heterocycles. The average Bonchev–Trinajstić information content (AvgIpc) is 2.97. The summed E-state index contributed by atoms with van der Waals surface area (Å²) in [5, 5.41) is 29.2. The molecule has 22 heavy (non-hydrogen) atoms. The number of aliphatic hydroxyl groups is 3. The normalized spacial score (nSPS) is 33.0. The van der Waals surface area contributed by atoms with E-state index in [-0.39, 0.29) is 10.8 Å². The Morgan fingerprint density at radius 1 is 1.23 bits per heavy atom. The fraction of sp³-hybridized carbons (Fsp3) is 0.692. The van der Waals surface area contributed by atoms with Crippen molar-refractivity contribution in [1.82, 2.24) is 4.72 Å². The Morgan fingerprint density at radius 3 is 2.50 bits per heavy atom. The highest BCUT2D eigenvalue weighted by Crippen LogP contribution is 2.23. The Kier molecular flexibility index (Phi) is 5.59. The van der Waals surface area contributed by atoms with Gasteiger partial charge in [0.15, 0.2) is 0 Å². The van der Waals surface area contributed by atoms with E-state index < -0.39 is 40.5 Å². The van der Waals surface area contributed by atoms with Crippen molar-refractivity contribution < 1.29 is 28.5 Å². The average molecular weight is 351 g/mol. The molecule has 0 radical (unpaired) electrons. The van der Waals surface area contributed by atoms with Gasteiger partial charge in [-0.25, -0.2) is 13.1 Å². The molecule has 5 unspecified atom stereocenters. The number of nitrogens with one attached hydrogen (secondary N) is 1. The maximum atomic E-state index is 12.2. The van der Waals surface area contributed by atoms with E-state index in [2.05, 4.69) is 4.72 Å². The molecule has 0 bridgehead atoms. The van der Waals surface area contributed by atoms with Gasteiger partial charge in [-0.15, -0.1) is 11.3 Å². The van der Waals surface area contributed by atoms with Gasteiger partial charge >= 0.3 is 0 Å². The van der Waals surface area contributed by atoms with E-state index in [4.69, 9.17) is 4.74 Å². The van der Waals surface area contributed by atoms with Crippen LogP contribution in [0.15, 0.2) is 16.3 Å². The number of hydrogen-bond donors (Lipinski definition) is 4. The topological polar surface area (TPSA) is 116 Å². The zero-order valence-corrected chi connectivity index (χ0v) is 14.0. The third kappa shape index (κ3) is 3.67. The Labute approximate surface area is 133 Å². The van der Waals surface area contributed by atoms with Crippen LogP contribution >= 0.6 is 11.3 Å². The SMILES string of the molecule is CCc1ccc(S(=O)(=O)NCC2OC(C)C(O)C(O)C2O)s1. The minimum Gasteiger partial charge on any atom is -0.388 e. The van der Waals surface area contributed by atoms with E-state index in [1.54, 1.807) is 13.0 Å². The molecule has 1 saturated heterocycles. The van der Waals surface area contributed by atoms with Crippen LogP contribution in [0.4, 0.5) is 0 Å². The van der Waals surface area contributed by atoms with Crippen molar-refractivity contribution in [3.8, 4) is 0 Å². The summed E-state index contributed by atoms with van der Waals surface area (Å²) in [6.45, 7) is 3.31. The van der Waals surface area contributed by atoms with E-state index in [0.717, 1.165) is 11.3 Å². The maximum absolute atomic E-state index is 12.2. The third-order valence-electron chi connectivity index (χ3n) is 3.68. The summed E-state index contributed by atoms with van der Waals surface area (Å²) >= 11 is 1.19. The molecule has 1 aromatic rings. The second-order valence-electron chi connectivity index (χ2n) is 5.28. The number of hydrogen-bond acceptors (Lipinski definition) is 7. The molecule has 7 nitrogen and oxygen atoms in total. The van der Waals surface area contributed by atoms with Gasteiger partial charge in [-0.1, -0.05) is 6.92 Å². The Morgan fingerprint density at radius 2 is 1.91 bits per heavy atom. The first-order chi connectivity index (χ1) is 10.3. The second-order valence-corrected chi connectivity index (χ2v) is 8.44. The number of sulfonamides is 1. The largest absolute Gasteiger partial charge is 0.388 e. The molecule has 0 spiro atoms. The highest BCUT2D eigenvalue weighted by Gasteiger charge is 2.41. The lowest BCUT2D eigenvalue weighted by Gasteiger charge is -2.39. The van der Waals surface area contributed by atoms with E-state index in [1.807, 2.05) is 6.92 Å². The molecular formula is C13H21NO6S2. The van der Waals surface area contributed by atoms with E-state index in [1.165, 1.54) is 17.4 Å². The highest BCUT2D eigenvalue weighted by molar-refractivity contribution is 7.91. The number of thiophene rings is 1. The molecule has 2 rings (SSSR count). The molecule has 5 atom stereocenters. The van der Waals surface area contributed by atoms with Crippen LogP contribution in [0.3, 0.4) is 0 Å². The smallest absolute Gasteiger partial charge is 0.250 e. The summed E-state index contributed by atoms with van der Waals surface area (Å²) in [5.41, 5.74) is 0. The summed E-state index contributed by atoms with van der Waals surface area (Å²) in [4.78, 5) is 0.960. The van der Waals surface area contributed by atoms with Crippen LogP contribution in [0, 0.1) is 0 Å². The molecule has 4 N–H and O–H groups in total. The molecule has 1 aliphatic heterocycles. The first kappa shape index (κ1) is 17.8. The maximum Gasteiger partial charge on any atom is 0.250 e. The molecular weight excluding hydrogens is 330 g/mol. The minimum absolute atomic E-state index is 0.184. The molecule has 0 aliphatic carbocycles. The van der Waals surface area contributed by atoms with E-state index in [0.29, 0.717) is 0 Å². The van der Waals surface area contributed by atoms with Crippen molar-refractivity contribution in [1.29, 1.82) is 0 Å². The van der Waals surface area contributed by atoms with Crippen LogP contribution in [0.2, 0.25) is 0 Å². The standard InChI is InChI=1S/C13H21NO6S2/c1-3-8-4-5-10(21-8)22(18,19)14-6-9-12(16)13(17)11(15)7(2)20-9/h4-5,7,9,11-17H,3,6H2,1-2H3.